The molecule has 3 nitrogen and oxygen atoms in total. The zero-order valence-electron chi connectivity index (χ0n) is 9.45. The van der Waals surface area contributed by atoms with E-state index in [9.17, 15) is 0 Å². The van der Waals surface area contributed by atoms with Crippen LogP contribution in [0.15, 0.2) is 0 Å². The second kappa shape index (κ2) is 4.04. The maximum atomic E-state index is 5.95. The van der Waals surface area contributed by atoms with Crippen LogP contribution in [0.3, 0.4) is 0 Å². The van der Waals surface area contributed by atoms with Gasteiger partial charge in [0.25, 0.3) is 0 Å². The lowest BCUT2D eigenvalue weighted by Crippen LogP contribution is -2.44. The number of ether oxygens (including phenoxy) is 2. The van der Waals surface area contributed by atoms with Crippen LogP contribution in [-0.2, 0) is 9.47 Å². The van der Waals surface area contributed by atoms with Crippen molar-refractivity contribution in [2.45, 2.75) is 43.9 Å². The Bertz CT molecular complexity index is 228. The molecule has 5 unspecified atom stereocenters. The molecule has 3 rings (SSSR count). The molecule has 2 bridgehead atoms. The van der Waals surface area contributed by atoms with Crippen LogP contribution >= 0.6 is 0 Å². The van der Waals surface area contributed by atoms with Crippen LogP contribution < -0.4 is 5.32 Å². The molecule has 0 amide bonds. The largest absolute Gasteiger partial charge is 0.381 e. The van der Waals surface area contributed by atoms with Crippen molar-refractivity contribution < 1.29 is 9.47 Å². The molecule has 3 fully saturated rings. The molecule has 3 saturated heterocycles. The van der Waals surface area contributed by atoms with Crippen LogP contribution in [0.1, 0.15) is 25.7 Å². The molecule has 1 N–H and O–H groups in total. The van der Waals surface area contributed by atoms with Gasteiger partial charge in [-0.3, -0.25) is 0 Å². The summed E-state index contributed by atoms with van der Waals surface area (Å²) in [6, 6.07) is 0.614. The number of hydrogen-bond donors (Lipinski definition) is 1. The average Bonchev–Trinajstić information content (AvgIpc) is 2.94. The van der Waals surface area contributed by atoms with Gasteiger partial charge in [-0.15, -0.1) is 0 Å². The Morgan fingerprint density at radius 3 is 2.73 bits per heavy atom. The Morgan fingerprint density at radius 2 is 2.20 bits per heavy atom. The van der Waals surface area contributed by atoms with E-state index in [2.05, 4.69) is 12.4 Å². The van der Waals surface area contributed by atoms with Crippen LogP contribution in [0.5, 0.6) is 0 Å². The third-order valence-electron chi connectivity index (χ3n) is 4.42. The summed E-state index contributed by atoms with van der Waals surface area (Å²) in [6.07, 6.45) is 6.16. The van der Waals surface area contributed by atoms with Crippen LogP contribution in [-0.4, -0.2) is 38.5 Å². The van der Waals surface area contributed by atoms with Crippen molar-refractivity contribution >= 4 is 0 Å². The van der Waals surface area contributed by atoms with E-state index in [4.69, 9.17) is 9.47 Å². The lowest BCUT2D eigenvalue weighted by molar-refractivity contribution is 0.0784. The van der Waals surface area contributed by atoms with Crippen molar-refractivity contribution in [2.24, 2.45) is 11.8 Å². The molecule has 3 heterocycles. The van der Waals surface area contributed by atoms with Crippen LogP contribution in [0.4, 0.5) is 0 Å². The molecule has 15 heavy (non-hydrogen) atoms. The average molecular weight is 211 g/mol. The van der Waals surface area contributed by atoms with E-state index < -0.39 is 0 Å². The van der Waals surface area contributed by atoms with Crippen molar-refractivity contribution in [1.29, 1.82) is 0 Å². The van der Waals surface area contributed by atoms with Crippen molar-refractivity contribution in [1.82, 2.24) is 5.32 Å². The minimum Gasteiger partial charge on any atom is -0.381 e. The first-order valence-electron chi connectivity index (χ1n) is 6.29. The molecule has 3 heteroatoms. The second-order valence-corrected chi connectivity index (χ2v) is 5.21. The van der Waals surface area contributed by atoms with Crippen molar-refractivity contribution in [3.8, 4) is 0 Å². The van der Waals surface area contributed by atoms with E-state index in [0.717, 1.165) is 19.1 Å². The Hall–Kier alpha value is -0.120. The van der Waals surface area contributed by atoms with E-state index in [0.29, 0.717) is 24.2 Å². The van der Waals surface area contributed by atoms with Gasteiger partial charge in [0, 0.05) is 24.5 Å². The molecule has 0 aromatic carbocycles. The summed E-state index contributed by atoms with van der Waals surface area (Å²) in [4.78, 5) is 0. The molecule has 3 aliphatic heterocycles. The van der Waals surface area contributed by atoms with Gasteiger partial charge in [0.2, 0.25) is 0 Å². The van der Waals surface area contributed by atoms with Gasteiger partial charge < -0.3 is 14.8 Å². The highest BCUT2D eigenvalue weighted by Crippen LogP contribution is 2.42. The molecule has 0 aromatic rings. The summed E-state index contributed by atoms with van der Waals surface area (Å²) < 4.78 is 11.4. The fourth-order valence-electron chi connectivity index (χ4n) is 3.69. The highest BCUT2D eigenvalue weighted by atomic mass is 16.5. The van der Waals surface area contributed by atoms with Gasteiger partial charge in [0.05, 0.1) is 18.8 Å². The number of nitrogens with one attached hydrogen (secondary N) is 1. The molecular formula is C12H21NO2. The van der Waals surface area contributed by atoms with E-state index in [-0.39, 0.29) is 0 Å². The summed E-state index contributed by atoms with van der Waals surface area (Å²) in [5, 5.41) is 3.51. The third kappa shape index (κ3) is 1.71. The summed E-state index contributed by atoms with van der Waals surface area (Å²) in [5.41, 5.74) is 0. The topological polar surface area (TPSA) is 30.5 Å². The molecule has 5 atom stereocenters. The predicted molar refractivity (Wildman–Crippen MR) is 57.8 cm³/mol. The van der Waals surface area contributed by atoms with Crippen LogP contribution in [0.25, 0.3) is 0 Å². The van der Waals surface area contributed by atoms with E-state index in [1.54, 1.807) is 0 Å². The first-order chi connectivity index (χ1) is 7.38. The maximum absolute atomic E-state index is 5.95. The van der Waals surface area contributed by atoms with Gasteiger partial charge in [-0.25, -0.2) is 0 Å². The molecule has 0 aliphatic carbocycles. The lowest BCUT2D eigenvalue weighted by atomic mass is 9.78. The summed E-state index contributed by atoms with van der Waals surface area (Å²) in [7, 11) is 2.09. The molecule has 0 saturated carbocycles. The molecule has 86 valence electrons. The fraction of sp³-hybridized carbons (Fsp3) is 1.00. The molecular weight excluding hydrogens is 190 g/mol. The van der Waals surface area contributed by atoms with Gasteiger partial charge >= 0.3 is 0 Å². The van der Waals surface area contributed by atoms with Crippen LogP contribution in [0, 0.1) is 11.8 Å². The Labute approximate surface area is 91.5 Å². The first-order valence-corrected chi connectivity index (χ1v) is 6.29. The number of rotatable bonds is 3. The SMILES string of the molecule is CNC(C1CCOC1)C1CC2CCC1O2. The monoisotopic (exact) mass is 211 g/mol. The molecule has 0 spiro atoms. The maximum Gasteiger partial charge on any atom is 0.0623 e. The smallest absolute Gasteiger partial charge is 0.0623 e. The quantitative estimate of drug-likeness (QED) is 0.760. The van der Waals surface area contributed by atoms with Crippen LogP contribution in [0.2, 0.25) is 0 Å². The minimum absolute atomic E-state index is 0.535. The lowest BCUT2D eigenvalue weighted by Gasteiger charge is -2.31. The summed E-state index contributed by atoms with van der Waals surface area (Å²) >= 11 is 0. The fourth-order valence-corrected chi connectivity index (χ4v) is 3.69. The van der Waals surface area contributed by atoms with Gasteiger partial charge in [0.1, 0.15) is 0 Å². The Balaban J connectivity index is 1.68. The van der Waals surface area contributed by atoms with Gasteiger partial charge in [-0.2, -0.15) is 0 Å². The highest BCUT2D eigenvalue weighted by molar-refractivity contribution is 4.97. The zero-order valence-corrected chi connectivity index (χ0v) is 9.45. The van der Waals surface area contributed by atoms with E-state index in [1.165, 1.54) is 25.7 Å². The first kappa shape index (κ1) is 10.1. The predicted octanol–water partition coefficient (Wildman–Crippen LogP) is 1.18. The van der Waals surface area contributed by atoms with E-state index >= 15 is 0 Å². The number of fused-ring (bicyclic) bond motifs is 2. The molecule has 0 aromatic heterocycles. The molecule has 3 aliphatic rings. The third-order valence-corrected chi connectivity index (χ3v) is 4.42. The Kier molecular flexibility index (Phi) is 2.71. The van der Waals surface area contributed by atoms with Gasteiger partial charge in [-0.05, 0) is 32.7 Å². The minimum atomic E-state index is 0.535. The van der Waals surface area contributed by atoms with Gasteiger partial charge in [0.15, 0.2) is 0 Å². The highest BCUT2D eigenvalue weighted by Gasteiger charge is 2.46. The van der Waals surface area contributed by atoms with Gasteiger partial charge in [-0.1, -0.05) is 0 Å². The molecule has 0 radical (unpaired) electrons. The Morgan fingerprint density at radius 1 is 1.27 bits per heavy atom. The standard InChI is InChI=1S/C12H21NO2/c1-13-12(8-4-5-14-7-8)10-6-9-2-3-11(10)15-9/h8-13H,2-7H2,1H3. The van der Waals surface area contributed by atoms with Crippen molar-refractivity contribution in [3.63, 3.8) is 0 Å². The normalized spacial score (nSPS) is 46.2. The summed E-state index contributed by atoms with van der Waals surface area (Å²) in [5.74, 6) is 1.45. The van der Waals surface area contributed by atoms with Crippen molar-refractivity contribution in [2.75, 3.05) is 20.3 Å². The number of hydrogen-bond acceptors (Lipinski definition) is 3. The zero-order chi connectivity index (χ0) is 10.3. The summed E-state index contributed by atoms with van der Waals surface area (Å²) in [6.45, 7) is 1.89. The van der Waals surface area contributed by atoms with Crippen molar-refractivity contribution in [3.05, 3.63) is 0 Å². The van der Waals surface area contributed by atoms with E-state index in [1.807, 2.05) is 0 Å². The second-order valence-electron chi connectivity index (χ2n) is 5.21.